The monoisotopic (exact) mass is 336 g/mol. The van der Waals surface area contributed by atoms with Crippen LogP contribution in [0.5, 0.6) is 5.75 Å². The van der Waals surface area contributed by atoms with Crippen LogP contribution in [-0.4, -0.2) is 19.2 Å². The van der Waals surface area contributed by atoms with Gasteiger partial charge in [-0.1, -0.05) is 35.3 Å². The first-order chi connectivity index (χ1) is 10.6. The highest BCUT2D eigenvalue weighted by atomic mass is 35.5. The summed E-state index contributed by atoms with van der Waals surface area (Å²) in [6.07, 6.45) is 1.66. The van der Waals surface area contributed by atoms with E-state index in [1.807, 2.05) is 0 Å². The molecule has 0 aliphatic rings. The summed E-state index contributed by atoms with van der Waals surface area (Å²) in [6.45, 7) is 0. The van der Waals surface area contributed by atoms with E-state index in [2.05, 4.69) is 10.5 Å². The van der Waals surface area contributed by atoms with E-state index in [0.717, 1.165) is 5.56 Å². The molecule has 1 amide bonds. The number of hydrazone groups is 1. The molecule has 2 aromatic carbocycles. The Kier molecular flexibility index (Phi) is 5.81. The topological polar surface area (TPSA) is 50.7 Å². The summed E-state index contributed by atoms with van der Waals surface area (Å²) in [4.78, 5) is 11.9. The van der Waals surface area contributed by atoms with E-state index in [1.54, 1.807) is 55.8 Å². The zero-order valence-electron chi connectivity index (χ0n) is 11.8. The van der Waals surface area contributed by atoms with E-state index < -0.39 is 0 Å². The van der Waals surface area contributed by atoms with Gasteiger partial charge in [-0.2, -0.15) is 5.10 Å². The van der Waals surface area contributed by atoms with Gasteiger partial charge in [-0.15, -0.1) is 0 Å². The molecule has 22 heavy (non-hydrogen) atoms. The van der Waals surface area contributed by atoms with Gasteiger partial charge in [-0.25, -0.2) is 5.43 Å². The number of amides is 1. The maximum atomic E-state index is 11.9. The van der Waals surface area contributed by atoms with Crippen LogP contribution in [0.1, 0.15) is 11.1 Å². The van der Waals surface area contributed by atoms with Crippen LogP contribution in [-0.2, 0) is 11.2 Å². The van der Waals surface area contributed by atoms with Gasteiger partial charge in [0.15, 0.2) is 0 Å². The van der Waals surface area contributed by atoms with Crippen LogP contribution in [0.4, 0.5) is 0 Å². The number of nitrogens with one attached hydrogen (secondary N) is 1. The summed E-state index contributed by atoms with van der Waals surface area (Å²) in [7, 11) is 1.56. The highest BCUT2D eigenvalue weighted by Gasteiger charge is 2.07. The van der Waals surface area contributed by atoms with Gasteiger partial charge in [-0.05, 0) is 41.5 Å². The minimum atomic E-state index is -0.264. The molecule has 0 saturated heterocycles. The molecule has 0 bridgehead atoms. The number of halogens is 2. The Morgan fingerprint density at radius 2 is 1.95 bits per heavy atom. The van der Waals surface area contributed by atoms with Crippen LogP contribution in [0.25, 0.3) is 0 Å². The van der Waals surface area contributed by atoms with Gasteiger partial charge in [0.2, 0.25) is 5.91 Å². The van der Waals surface area contributed by atoms with Crippen molar-refractivity contribution >= 4 is 35.3 Å². The molecule has 0 heterocycles. The summed E-state index contributed by atoms with van der Waals surface area (Å²) in [5.41, 5.74) is 3.97. The van der Waals surface area contributed by atoms with Crippen molar-refractivity contribution in [1.29, 1.82) is 0 Å². The largest absolute Gasteiger partial charge is 0.497 e. The van der Waals surface area contributed by atoms with E-state index in [9.17, 15) is 4.79 Å². The summed E-state index contributed by atoms with van der Waals surface area (Å²) in [5.74, 6) is 0.386. The van der Waals surface area contributed by atoms with Crippen molar-refractivity contribution in [2.75, 3.05) is 7.11 Å². The third kappa shape index (κ3) is 4.76. The van der Waals surface area contributed by atoms with Crippen molar-refractivity contribution in [3.05, 3.63) is 63.6 Å². The highest BCUT2D eigenvalue weighted by molar-refractivity contribution is 6.31. The van der Waals surface area contributed by atoms with Crippen LogP contribution >= 0.6 is 23.2 Å². The predicted molar refractivity (Wildman–Crippen MR) is 88.9 cm³/mol. The van der Waals surface area contributed by atoms with E-state index in [0.29, 0.717) is 21.4 Å². The Balaban J connectivity index is 1.94. The number of methoxy groups -OCH3 is 1. The number of carbonyl (C=O) groups is 1. The molecule has 2 aromatic rings. The van der Waals surface area contributed by atoms with Crippen molar-refractivity contribution in [3.63, 3.8) is 0 Å². The lowest BCUT2D eigenvalue weighted by Gasteiger charge is -2.06. The number of hydrogen-bond acceptors (Lipinski definition) is 3. The molecule has 0 unspecified atom stereocenters. The number of rotatable bonds is 5. The van der Waals surface area contributed by atoms with E-state index in [1.165, 1.54) is 0 Å². The fourth-order valence-electron chi connectivity index (χ4n) is 1.75. The van der Waals surface area contributed by atoms with E-state index >= 15 is 0 Å². The van der Waals surface area contributed by atoms with Crippen LogP contribution in [0.15, 0.2) is 47.6 Å². The summed E-state index contributed by atoms with van der Waals surface area (Å²) < 4.78 is 5.11. The fraction of sp³-hybridized carbons (Fsp3) is 0.125. The Morgan fingerprint density at radius 3 is 2.64 bits per heavy atom. The number of hydrogen-bond donors (Lipinski definition) is 1. The summed E-state index contributed by atoms with van der Waals surface area (Å²) in [5, 5.41) is 5.06. The quantitative estimate of drug-likeness (QED) is 0.668. The Hall–Kier alpha value is -2.04. The minimum absolute atomic E-state index is 0.119. The maximum Gasteiger partial charge on any atom is 0.244 e. The second-order valence-corrected chi connectivity index (χ2v) is 5.32. The molecule has 0 aliphatic carbocycles. The molecular formula is C16H14Cl2N2O2. The molecule has 0 radical (unpaired) electrons. The van der Waals surface area contributed by atoms with Gasteiger partial charge in [0, 0.05) is 10.0 Å². The molecule has 2 rings (SSSR count). The van der Waals surface area contributed by atoms with Crippen molar-refractivity contribution in [2.45, 2.75) is 6.42 Å². The normalized spacial score (nSPS) is 10.7. The first-order valence-electron chi connectivity index (χ1n) is 6.48. The van der Waals surface area contributed by atoms with Gasteiger partial charge >= 0.3 is 0 Å². The second kappa shape index (κ2) is 7.82. The molecule has 114 valence electrons. The van der Waals surface area contributed by atoms with Crippen molar-refractivity contribution in [2.24, 2.45) is 5.10 Å². The molecule has 0 spiro atoms. The number of benzene rings is 2. The van der Waals surface area contributed by atoms with Crippen molar-refractivity contribution in [1.82, 2.24) is 5.43 Å². The van der Waals surface area contributed by atoms with Gasteiger partial charge in [0.25, 0.3) is 0 Å². The van der Waals surface area contributed by atoms with Crippen molar-refractivity contribution < 1.29 is 9.53 Å². The molecule has 6 heteroatoms. The second-order valence-electron chi connectivity index (χ2n) is 4.48. The lowest BCUT2D eigenvalue weighted by Crippen LogP contribution is -2.20. The minimum Gasteiger partial charge on any atom is -0.497 e. The number of nitrogens with zero attached hydrogens (tertiary/aromatic N) is 1. The van der Waals surface area contributed by atoms with Crippen molar-refractivity contribution in [3.8, 4) is 5.75 Å². The predicted octanol–water partition coefficient (Wildman–Crippen LogP) is 3.69. The SMILES string of the molecule is COc1ccc(Cl)c(CC(=O)N/N=C/c2ccc(Cl)cc2)c1. The molecule has 4 nitrogen and oxygen atoms in total. The van der Waals surface area contributed by atoms with Gasteiger partial charge < -0.3 is 4.74 Å². The fourth-order valence-corrected chi connectivity index (χ4v) is 2.06. The average molecular weight is 337 g/mol. The summed E-state index contributed by atoms with van der Waals surface area (Å²) >= 11 is 11.8. The molecule has 1 N–H and O–H groups in total. The third-order valence-corrected chi connectivity index (χ3v) is 3.50. The third-order valence-electron chi connectivity index (χ3n) is 2.88. The highest BCUT2D eigenvalue weighted by Crippen LogP contribution is 2.22. The lowest BCUT2D eigenvalue weighted by molar-refractivity contribution is -0.120. The smallest absolute Gasteiger partial charge is 0.244 e. The molecule has 0 aromatic heterocycles. The number of ether oxygens (including phenoxy) is 1. The first-order valence-corrected chi connectivity index (χ1v) is 7.24. The molecule has 0 fully saturated rings. The molecule has 0 atom stereocenters. The Bertz CT molecular complexity index is 685. The van der Waals surface area contributed by atoms with Crippen LogP contribution in [0.2, 0.25) is 10.0 Å². The zero-order chi connectivity index (χ0) is 15.9. The lowest BCUT2D eigenvalue weighted by atomic mass is 10.1. The Labute approximate surface area is 138 Å². The maximum absolute atomic E-state index is 11.9. The standard InChI is InChI=1S/C16H14Cl2N2O2/c1-22-14-6-7-15(18)12(8-14)9-16(21)20-19-10-11-2-4-13(17)5-3-11/h2-8,10H,9H2,1H3,(H,20,21)/b19-10+. The number of carbonyl (C=O) groups excluding carboxylic acids is 1. The van der Waals surface area contributed by atoms with Gasteiger partial charge in [0.05, 0.1) is 19.7 Å². The van der Waals surface area contributed by atoms with Gasteiger partial charge in [-0.3, -0.25) is 4.79 Å². The average Bonchev–Trinajstić information content (AvgIpc) is 2.51. The molecule has 0 saturated carbocycles. The van der Waals surface area contributed by atoms with Crippen LogP contribution in [0.3, 0.4) is 0 Å². The summed E-state index contributed by atoms with van der Waals surface area (Å²) in [6, 6.07) is 12.3. The molecular weight excluding hydrogens is 323 g/mol. The zero-order valence-corrected chi connectivity index (χ0v) is 13.4. The van der Waals surface area contributed by atoms with Crippen LogP contribution < -0.4 is 10.2 Å². The van der Waals surface area contributed by atoms with E-state index in [-0.39, 0.29) is 12.3 Å². The Morgan fingerprint density at radius 1 is 1.23 bits per heavy atom. The molecule has 0 aliphatic heterocycles. The van der Waals surface area contributed by atoms with Crippen LogP contribution in [0, 0.1) is 0 Å². The first kappa shape index (κ1) is 16.3. The van der Waals surface area contributed by atoms with E-state index in [4.69, 9.17) is 27.9 Å². The van der Waals surface area contributed by atoms with Gasteiger partial charge in [0.1, 0.15) is 5.75 Å².